The number of hydrogen-bond donors (Lipinski definition) is 1. The Bertz CT molecular complexity index is 480. The van der Waals surface area contributed by atoms with Crippen LogP contribution in [0.25, 0.3) is 0 Å². The molecule has 5 nitrogen and oxygen atoms in total. The van der Waals surface area contributed by atoms with E-state index < -0.39 is 5.97 Å². The standard InChI is InChI=1S/C16H29N3O2/c1-7-19-14(6)16(12(4)17-19)13(5)18(11(2)3)10-8-9-15(20)21/h11,13H,7-10H2,1-6H3,(H,20,21). The van der Waals surface area contributed by atoms with E-state index in [1.54, 1.807) is 0 Å². The van der Waals surface area contributed by atoms with E-state index in [4.69, 9.17) is 5.11 Å². The van der Waals surface area contributed by atoms with Crippen LogP contribution in [0.15, 0.2) is 0 Å². The van der Waals surface area contributed by atoms with Gasteiger partial charge in [-0.2, -0.15) is 5.10 Å². The van der Waals surface area contributed by atoms with Crippen molar-refractivity contribution in [2.45, 2.75) is 73.0 Å². The van der Waals surface area contributed by atoms with Crippen molar-refractivity contribution in [3.05, 3.63) is 17.0 Å². The fraction of sp³-hybridized carbons (Fsp3) is 0.750. The maximum Gasteiger partial charge on any atom is 0.303 e. The molecule has 0 fully saturated rings. The second-order valence-electron chi connectivity index (χ2n) is 5.91. The van der Waals surface area contributed by atoms with E-state index in [9.17, 15) is 4.79 Å². The van der Waals surface area contributed by atoms with Crippen LogP contribution in [-0.2, 0) is 11.3 Å². The van der Waals surface area contributed by atoms with Gasteiger partial charge < -0.3 is 5.11 Å². The first-order valence-electron chi connectivity index (χ1n) is 7.81. The lowest BCUT2D eigenvalue weighted by Gasteiger charge is -2.33. The molecule has 1 N–H and O–H groups in total. The van der Waals surface area contributed by atoms with Gasteiger partial charge in [-0.05, 0) is 54.5 Å². The number of aryl methyl sites for hydroxylation is 2. The van der Waals surface area contributed by atoms with Gasteiger partial charge in [0.05, 0.1) is 5.69 Å². The van der Waals surface area contributed by atoms with Gasteiger partial charge in [-0.25, -0.2) is 0 Å². The molecular formula is C16H29N3O2. The second kappa shape index (κ2) is 7.59. The zero-order valence-corrected chi connectivity index (χ0v) is 14.2. The van der Waals surface area contributed by atoms with Crippen LogP contribution in [0, 0.1) is 13.8 Å². The van der Waals surface area contributed by atoms with Gasteiger partial charge in [-0.1, -0.05) is 0 Å². The highest BCUT2D eigenvalue weighted by Crippen LogP contribution is 2.28. The van der Waals surface area contributed by atoms with E-state index in [1.807, 2.05) is 4.68 Å². The molecule has 1 aromatic heterocycles. The van der Waals surface area contributed by atoms with Crippen LogP contribution >= 0.6 is 0 Å². The summed E-state index contributed by atoms with van der Waals surface area (Å²) >= 11 is 0. The van der Waals surface area contributed by atoms with Crippen LogP contribution < -0.4 is 0 Å². The number of aliphatic carboxylic acids is 1. The summed E-state index contributed by atoms with van der Waals surface area (Å²) in [6.07, 6.45) is 0.903. The fourth-order valence-corrected chi connectivity index (χ4v) is 3.10. The zero-order chi connectivity index (χ0) is 16.2. The van der Waals surface area contributed by atoms with Crippen molar-refractivity contribution < 1.29 is 9.90 Å². The molecule has 1 rings (SSSR count). The third-order valence-electron chi connectivity index (χ3n) is 4.12. The molecule has 5 heteroatoms. The van der Waals surface area contributed by atoms with Crippen molar-refractivity contribution in [2.75, 3.05) is 6.54 Å². The highest BCUT2D eigenvalue weighted by Gasteiger charge is 2.24. The average molecular weight is 295 g/mol. The predicted octanol–water partition coefficient (Wildman–Crippen LogP) is 3.16. The molecule has 0 bridgehead atoms. The van der Waals surface area contributed by atoms with E-state index in [2.05, 4.69) is 51.5 Å². The average Bonchev–Trinajstić information content (AvgIpc) is 2.68. The third-order valence-corrected chi connectivity index (χ3v) is 4.12. The van der Waals surface area contributed by atoms with Gasteiger partial charge in [0.1, 0.15) is 0 Å². The third kappa shape index (κ3) is 4.30. The number of hydrogen-bond acceptors (Lipinski definition) is 3. The molecule has 0 aliphatic carbocycles. The normalized spacial score (nSPS) is 13.1. The molecule has 0 radical (unpaired) electrons. The first-order chi connectivity index (χ1) is 9.79. The lowest BCUT2D eigenvalue weighted by Crippen LogP contribution is -2.35. The van der Waals surface area contributed by atoms with Crippen LogP contribution in [0.1, 0.15) is 63.5 Å². The SMILES string of the molecule is CCn1nc(C)c(C(C)N(CCCC(=O)O)C(C)C)c1C. The van der Waals surface area contributed by atoms with Crippen LogP contribution in [0.3, 0.4) is 0 Å². The van der Waals surface area contributed by atoms with E-state index in [0.717, 1.165) is 18.8 Å². The smallest absolute Gasteiger partial charge is 0.303 e. The molecule has 0 aromatic carbocycles. The molecule has 0 amide bonds. The van der Waals surface area contributed by atoms with E-state index in [-0.39, 0.29) is 12.5 Å². The van der Waals surface area contributed by atoms with Crippen molar-refractivity contribution >= 4 is 5.97 Å². The molecule has 1 atom stereocenters. The quantitative estimate of drug-likeness (QED) is 0.800. The molecule has 120 valence electrons. The van der Waals surface area contributed by atoms with Crippen molar-refractivity contribution in [3.8, 4) is 0 Å². The Balaban J connectivity index is 2.93. The Morgan fingerprint density at radius 3 is 2.38 bits per heavy atom. The summed E-state index contributed by atoms with van der Waals surface area (Å²) in [4.78, 5) is 13.1. The van der Waals surface area contributed by atoms with Gasteiger partial charge in [-0.15, -0.1) is 0 Å². The summed E-state index contributed by atoms with van der Waals surface area (Å²) < 4.78 is 2.04. The fourth-order valence-electron chi connectivity index (χ4n) is 3.10. The highest BCUT2D eigenvalue weighted by atomic mass is 16.4. The maximum absolute atomic E-state index is 10.7. The Kier molecular flexibility index (Phi) is 6.40. The van der Waals surface area contributed by atoms with Gasteiger partial charge in [0.15, 0.2) is 0 Å². The summed E-state index contributed by atoms with van der Waals surface area (Å²) in [5, 5.41) is 13.4. The van der Waals surface area contributed by atoms with Crippen LogP contribution in [0.2, 0.25) is 0 Å². The lowest BCUT2D eigenvalue weighted by atomic mass is 10.0. The van der Waals surface area contributed by atoms with Crippen molar-refractivity contribution in [2.24, 2.45) is 0 Å². The van der Waals surface area contributed by atoms with Crippen LogP contribution in [0.5, 0.6) is 0 Å². The molecule has 1 unspecified atom stereocenters. The van der Waals surface area contributed by atoms with Crippen LogP contribution in [-0.4, -0.2) is 38.3 Å². The molecule has 0 saturated carbocycles. The Labute approximate surface area is 127 Å². The molecule has 0 aliphatic heterocycles. The zero-order valence-electron chi connectivity index (χ0n) is 14.2. The van der Waals surface area contributed by atoms with Crippen molar-refractivity contribution in [1.82, 2.24) is 14.7 Å². The van der Waals surface area contributed by atoms with Crippen molar-refractivity contribution in [1.29, 1.82) is 0 Å². The van der Waals surface area contributed by atoms with E-state index in [0.29, 0.717) is 12.5 Å². The molecule has 1 heterocycles. The summed E-state index contributed by atoms with van der Waals surface area (Å²) in [7, 11) is 0. The van der Waals surface area contributed by atoms with Gasteiger partial charge in [0.2, 0.25) is 0 Å². The number of aromatic nitrogens is 2. The highest BCUT2D eigenvalue weighted by molar-refractivity contribution is 5.66. The van der Waals surface area contributed by atoms with E-state index in [1.165, 1.54) is 11.3 Å². The van der Waals surface area contributed by atoms with Gasteiger partial charge in [0, 0.05) is 36.3 Å². The largest absolute Gasteiger partial charge is 0.481 e. The number of nitrogens with zero attached hydrogens (tertiary/aromatic N) is 3. The molecular weight excluding hydrogens is 266 g/mol. The summed E-state index contributed by atoms with van der Waals surface area (Å²) in [6.45, 7) is 14.4. The minimum Gasteiger partial charge on any atom is -0.481 e. The monoisotopic (exact) mass is 295 g/mol. The number of carboxylic acids is 1. The maximum atomic E-state index is 10.7. The van der Waals surface area contributed by atoms with Gasteiger partial charge in [0.25, 0.3) is 0 Å². The minimum absolute atomic E-state index is 0.224. The van der Waals surface area contributed by atoms with Crippen molar-refractivity contribution in [3.63, 3.8) is 0 Å². The van der Waals surface area contributed by atoms with Gasteiger partial charge in [-0.3, -0.25) is 14.4 Å². The molecule has 1 aromatic rings. The van der Waals surface area contributed by atoms with Gasteiger partial charge >= 0.3 is 5.97 Å². The number of rotatable bonds is 8. The molecule has 0 spiro atoms. The minimum atomic E-state index is -0.725. The number of carbonyl (C=O) groups is 1. The van der Waals surface area contributed by atoms with E-state index >= 15 is 0 Å². The molecule has 0 saturated heterocycles. The lowest BCUT2D eigenvalue weighted by molar-refractivity contribution is -0.137. The summed E-state index contributed by atoms with van der Waals surface area (Å²) in [5.41, 5.74) is 3.57. The van der Waals surface area contributed by atoms with Crippen LogP contribution in [0.4, 0.5) is 0 Å². The molecule has 21 heavy (non-hydrogen) atoms. The Morgan fingerprint density at radius 1 is 1.33 bits per heavy atom. The molecule has 0 aliphatic rings. The Hall–Kier alpha value is -1.36. The topological polar surface area (TPSA) is 58.4 Å². The second-order valence-corrected chi connectivity index (χ2v) is 5.91. The summed E-state index contributed by atoms with van der Waals surface area (Å²) in [6, 6.07) is 0.622. The Morgan fingerprint density at radius 2 is 1.95 bits per heavy atom. The predicted molar refractivity (Wildman–Crippen MR) is 84.5 cm³/mol. The first kappa shape index (κ1) is 17.7. The first-order valence-corrected chi connectivity index (χ1v) is 7.81. The summed E-state index contributed by atoms with van der Waals surface area (Å²) in [5.74, 6) is -0.725. The number of carboxylic acid groups (broad SMARTS) is 1.